The molecule has 2 N–H and O–H groups in total. The fourth-order valence-electron chi connectivity index (χ4n) is 2.53. The summed E-state index contributed by atoms with van der Waals surface area (Å²) in [6.45, 7) is 9.43. The van der Waals surface area contributed by atoms with Crippen molar-refractivity contribution in [2.75, 3.05) is 19.0 Å². The maximum absolute atomic E-state index is 5.34. The van der Waals surface area contributed by atoms with Gasteiger partial charge in [-0.3, -0.25) is 0 Å². The second kappa shape index (κ2) is 13.2. The van der Waals surface area contributed by atoms with Crippen LogP contribution in [0.15, 0.2) is 59.2 Å². The van der Waals surface area contributed by atoms with Gasteiger partial charge in [-0.2, -0.15) is 0 Å². The van der Waals surface area contributed by atoms with Gasteiger partial charge < -0.3 is 15.4 Å². The van der Waals surface area contributed by atoms with Gasteiger partial charge in [-0.05, 0) is 77.7 Å². The highest BCUT2D eigenvalue weighted by Crippen LogP contribution is 2.16. The Morgan fingerprint density at radius 3 is 2.33 bits per heavy atom. The predicted octanol–water partition coefficient (Wildman–Crippen LogP) is 6.40. The van der Waals surface area contributed by atoms with Crippen LogP contribution in [0.25, 0.3) is 0 Å². The molecule has 0 aliphatic heterocycles. The molecule has 0 saturated heterocycles. The highest BCUT2D eigenvalue weighted by molar-refractivity contribution is 7.80. The first-order chi connectivity index (χ1) is 12.9. The van der Waals surface area contributed by atoms with Gasteiger partial charge in [0.1, 0.15) is 5.75 Å². The van der Waals surface area contributed by atoms with Crippen LogP contribution in [-0.2, 0) is 0 Å². The zero-order valence-corrected chi connectivity index (χ0v) is 18.2. The van der Waals surface area contributed by atoms with Crippen LogP contribution in [0, 0.1) is 0 Å². The lowest BCUT2D eigenvalue weighted by Crippen LogP contribution is -2.28. The number of hydrogen-bond acceptors (Lipinski definition) is 2. The first-order valence-corrected chi connectivity index (χ1v) is 9.95. The summed E-state index contributed by atoms with van der Waals surface area (Å²) in [5.41, 5.74) is 5.16. The molecule has 0 radical (unpaired) electrons. The Labute approximate surface area is 170 Å². The fourth-order valence-corrected chi connectivity index (χ4v) is 2.73. The SMILES string of the molecule is COc1cccc(NC(=S)NC/C=C(\C)CC/C=C(\C)CCC=C(C)C)c1. The molecule has 0 spiro atoms. The Morgan fingerprint density at radius 1 is 1.00 bits per heavy atom. The number of hydrogen-bond donors (Lipinski definition) is 2. The molecule has 0 heterocycles. The summed E-state index contributed by atoms with van der Waals surface area (Å²) >= 11 is 5.34. The average molecular weight is 387 g/mol. The Morgan fingerprint density at radius 2 is 1.67 bits per heavy atom. The maximum Gasteiger partial charge on any atom is 0.171 e. The van der Waals surface area contributed by atoms with Crippen molar-refractivity contribution in [3.05, 3.63) is 59.2 Å². The molecule has 148 valence electrons. The largest absolute Gasteiger partial charge is 0.497 e. The molecule has 27 heavy (non-hydrogen) atoms. The number of allylic oxidation sites excluding steroid dienone is 5. The molecular formula is C23H34N2OS. The van der Waals surface area contributed by atoms with E-state index in [-0.39, 0.29) is 0 Å². The molecule has 1 aromatic rings. The van der Waals surface area contributed by atoms with E-state index in [9.17, 15) is 0 Å². The standard InChI is InChI=1S/C23H34N2OS/c1-18(2)9-6-10-19(3)11-7-12-20(4)15-16-24-23(27)25-21-13-8-14-22(17-21)26-5/h8-9,11,13-15,17H,6-7,10,12,16H2,1-5H3,(H2,24,25,27)/b19-11+,20-15+. The Kier molecular flexibility index (Phi) is 11.2. The van der Waals surface area contributed by atoms with Gasteiger partial charge in [0.2, 0.25) is 0 Å². The van der Waals surface area contributed by atoms with Crippen molar-refractivity contribution in [1.82, 2.24) is 5.32 Å². The van der Waals surface area contributed by atoms with E-state index in [0.29, 0.717) is 5.11 Å². The number of rotatable bonds is 10. The molecule has 1 rings (SSSR count). The van der Waals surface area contributed by atoms with Gasteiger partial charge in [-0.15, -0.1) is 0 Å². The van der Waals surface area contributed by atoms with E-state index in [0.717, 1.165) is 43.7 Å². The van der Waals surface area contributed by atoms with Crippen molar-refractivity contribution < 1.29 is 4.74 Å². The van der Waals surface area contributed by atoms with Crippen LogP contribution in [-0.4, -0.2) is 18.8 Å². The summed E-state index contributed by atoms with van der Waals surface area (Å²) in [5.74, 6) is 0.808. The van der Waals surface area contributed by atoms with Crippen LogP contribution in [0.1, 0.15) is 53.4 Å². The molecule has 0 fully saturated rings. The number of benzene rings is 1. The minimum absolute atomic E-state index is 0.613. The third kappa shape index (κ3) is 11.3. The zero-order chi connectivity index (χ0) is 20.1. The van der Waals surface area contributed by atoms with Crippen molar-refractivity contribution in [3.63, 3.8) is 0 Å². The van der Waals surface area contributed by atoms with Crippen molar-refractivity contribution >= 4 is 23.0 Å². The van der Waals surface area contributed by atoms with Gasteiger partial charge in [0.15, 0.2) is 5.11 Å². The first kappa shape index (κ1) is 23.0. The van der Waals surface area contributed by atoms with E-state index < -0.39 is 0 Å². The predicted molar refractivity (Wildman–Crippen MR) is 123 cm³/mol. The first-order valence-electron chi connectivity index (χ1n) is 9.54. The Balaban J connectivity index is 2.29. The molecule has 0 aliphatic rings. The molecule has 0 amide bonds. The summed E-state index contributed by atoms with van der Waals surface area (Å²) in [4.78, 5) is 0. The fraction of sp³-hybridized carbons (Fsp3) is 0.435. The third-order valence-corrected chi connectivity index (χ3v) is 4.41. The number of methoxy groups -OCH3 is 1. The maximum atomic E-state index is 5.34. The van der Waals surface area contributed by atoms with Crippen molar-refractivity contribution in [1.29, 1.82) is 0 Å². The van der Waals surface area contributed by atoms with Gasteiger partial charge in [0.05, 0.1) is 7.11 Å². The van der Waals surface area contributed by atoms with E-state index in [2.05, 4.69) is 56.6 Å². The summed E-state index contributed by atoms with van der Waals surface area (Å²) in [6, 6.07) is 7.72. The molecule has 1 aromatic carbocycles. The van der Waals surface area contributed by atoms with Crippen LogP contribution in [0.3, 0.4) is 0 Å². The number of nitrogens with one attached hydrogen (secondary N) is 2. The van der Waals surface area contributed by atoms with E-state index in [1.807, 2.05) is 24.3 Å². The molecule has 0 unspecified atom stereocenters. The van der Waals surface area contributed by atoms with Gasteiger partial charge in [0.25, 0.3) is 0 Å². The lowest BCUT2D eigenvalue weighted by atomic mass is 10.1. The monoisotopic (exact) mass is 386 g/mol. The Hall–Kier alpha value is -2.07. The zero-order valence-electron chi connectivity index (χ0n) is 17.4. The summed E-state index contributed by atoms with van der Waals surface area (Å²) in [7, 11) is 1.66. The molecular weight excluding hydrogens is 352 g/mol. The van der Waals surface area contributed by atoms with Gasteiger partial charge in [-0.25, -0.2) is 0 Å². The molecule has 0 aliphatic carbocycles. The summed E-state index contributed by atoms with van der Waals surface area (Å²) in [6.07, 6.45) is 11.3. The molecule has 0 aromatic heterocycles. The summed E-state index contributed by atoms with van der Waals surface area (Å²) < 4.78 is 5.21. The molecule has 4 heteroatoms. The highest BCUT2D eigenvalue weighted by atomic mass is 32.1. The number of ether oxygens (including phenoxy) is 1. The van der Waals surface area contributed by atoms with Crippen LogP contribution >= 0.6 is 12.2 Å². The molecule has 0 bridgehead atoms. The Bertz CT molecular complexity index is 685. The van der Waals surface area contributed by atoms with Gasteiger partial charge in [-0.1, -0.05) is 41.0 Å². The normalized spacial score (nSPS) is 11.7. The van der Waals surface area contributed by atoms with E-state index in [4.69, 9.17) is 17.0 Å². The van der Waals surface area contributed by atoms with E-state index in [1.54, 1.807) is 7.11 Å². The van der Waals surface area contributed by atoms with E-state index in [1.165, 1.54) is 16.7 Å². The van der Waals surface area contributed by atoms with E-state index >= 15 is 0 Å². The quantitative estimate of drug-likeness (QED) is 0.360. The summed E-state index contributed by atoms with van der Waals surface area (Å²) in [5, 5.41) is 7.00. The van der Waals surface area contributed by atoms with Crippen molar-refractivity contribution in [2.24, 2.45) is 0 Å². The highest BCUT2D eigenvalue weighted by Gasteiger charge is 1.98. The van der Waals surface area contributed by atoms with Crippen LogP contribution in [0.5, 0.6) is 5.75 Å². The molecule has 0 saturated carbocycles. The second-order valence-electron chi connectivity index (χ2n) is 7.03. The smallest absolute Gasteiger partial charge is 0.171 e. The van der Waals surface area contributed by atoms with Crippen LogP contribution in [0.2, 0.25) is 0 Å². The van der Waals surface area contributed by atoms with Gasteiger partial charge >= 0.3 is 0 Å². The average Bonchev–Trinajstić information content (AvgIpc) is 2.61. The van der Waals surface area contributed by atoms with Crippen molar-refractivity contribution in [3.8, 4) is 5.75 Å². The third-order valence-electron chi connectivity index (χ3n) is 4.16. The van der Waals surface area contributed by atoms with Crippen LogP contribution < -0.4 is 15.4 Å². The lowest BCUT2D eigenvalue weighted by molar-refractivity contribution is 0.415. The second-order valence-corrected chi connectivity index (χ2v) is 7.44. The number of anilines is 1. The van der Waals surface area contributed by atoms with Crippen molar-refractivity contribution in [2.45, 2.75) is 53.4 Å². The molecule has 3 nitrogen and oxygen atoms in total. The van der Waals surface area contributed by atoms with Crippen LogP contribution in [0.4, 0.5) is 5.69 Å². The van der Waals surface area contributed by atoms with Gasteiger partial charge in [0, 0.05) is 18.3 Å². The topological polar surface area (TPSA) is 33.3 Å². The number of thiocarbonyl (C=S) groups is 1. The lowest BCUT2D eigenvalue weighted by Gasteiger charge is -2.10. The molecule has 0 atom stereocenters. The minimum Gasteiger partial charge on any atom is -0.497 e. The minimum atomic E-state index is 0.613.